The molecule has 0 N–H and O–H groups in total. The lowest BCUT2D eigenvalue weighted by molar-refractivity contribution is -0.137. The zero-order chi connectivity index (χ0) is 28.8. The molecule has 0 aliphatic carbocycles. The Balaban J connectivity index is 1.76. The molecule has 3 rings (SSSR count). The van der Waals surface area contributed by atoms with E-state index in [1.165, 1.54) is 6.07 Å². The van der Waals surface area contributed by atoms with Crippen LogP contribution in [0.4, 0.5) is 17.6 Å². The van der Waals surface area contributed by atoms with Crippen LogP contribution in [-0.4, -0.2) is 45.6 Å². The summed E-state index contributed by atoms with van der Waals surface area (Å²) in [5.41, 5.74) is 0.00340. The number of alkyl halides is 3. The Bertz CT molecular complexity index is 1390. The van der Waals surface area contributed by atoms with Crippen LogP contribution >= 0.6 is 0 Å². The van der Waals surface area contributed by atoms with Gasteiger partial charge in [-0.1, -0.05) is 62.4 Å². The summed E-state index contributed by atoms with van der Waals surface area (Å²) in [5.74, 6) is -1.04. The highest BCUT2D eigenvalue weighted by Crippen LogP contribution is 2.31. The molecule has 3 aromatic carbocycles. The Morgan fingerprint density at radius 2 is 1.62 bits per heavy atom. The summed E-state index contributed by atoms with van der Waals surface area (Å²) in [5, 5.41) is 0. The van der Waals surface area contributed by atoms with Crippen molar-refractivity contribution in [1.82, 2.24) is 4.90 Å². The molecule has 0 spiro atoms. The van der Waals surface area contributed by atoms with E-state index < -0.39 is 37.9 Å². The van der Waals surface area contributed by atoms with Gasteiger partial charge >= 0.3 is 6.18 Å². The molecule has 0 aromatic heterocycles. The van der Waals surface area contributed by atoms with Crippen LogP contribution in [0.1, 0.15) is 47.3 Å². The molecule has 0 aliphatic rings. The summed E-state index contributed by atoms with van der Waals surface area (Å²) in [4.78, 5) is 12.7. The molecule has 0 atom stereocenters. The lowest BCUT2D eigenvalue weighted by Gasteiger charge is -2.33. The molecular formula is C29H31F4NO4S. The van der Waals surface area contributed by atoms with Crippen molar-refractivity contribution in [3.8, 4) is 5.75 Å². The molecule has 10 heteroatoms. The predicted molar refractivity (Wildman–Crippen MR) is 141 cm³/mol. The van der Waals surface area contributed by atoms with Crippen LogP contribution in [0.2, 0.25) is 0 Å². The highest BCUT2D eigenvalue weighted by atomic mass is 32.2. The van der Waals surface area contributed by atoms with Gasteiger partial charge in [-0.2, -0.15) is 13.2 Å². The number of hydrogen-bond donors (Lipinski definition) is 0. The molecule has 0 saturated heterocycles. The second-order valence-electron chi connectivity index (χ2n) is 10.1. The van der Waals surface area contributed by atoms with E-state index >= 15 is 0 Å². The lowest BCUT2D eigenvalue weighted by atomic mass is 9.84. The maximum atomic E-state index is 14.3. The van der Waals surface area contributed by atoms with Gasteiger partial charge in [-0.25, -0.2) is 12.8 Å². The van der Waals surface area contributed by atoms with Gasteiger partial charge in [0.05, 0.1) is 22.6 Å². The second kappa shape index (κ2) is 12.3. The minimum atomic E-state index is -4.45. The van der Waals surface area contributed by atoms with Crippen molar-refractivity contribution in [3.05, 3.63) is 94.8 Å². The van der Waals surface area contributed by atoms with Gasteiger partial charge in [-0.05, 0) is 29.7 Å². The average Bonchev–Trinajstić information content (AvgIpc) is 2.85. The summed E-state index contributed by atoms with van der Waals surface area (Å²) in [7, 11) is -3.87. The van der Waals surface area contributed by atoms with Crippen LogP contribution in [0.15, 0.2) is 71.6 Å². The summed E-state index contributed by atoms with van der Waals surface area (Å²) >= 11 is 0. The molecular weight excluding hydrogens is 534 g/mol. The van der Waals surface area contributed by atoms with Crippen LogP contribution < -0.4 is 4.74 Å². The molecule has 0 bridgehead atoms. The largest absolute Gasteiger partial charge is 0.493 e. The first-order chi connectivity index (χ1) is 18.2. The Hall–Kier alpha value is -3.24. The number of aldehydes is 1. The van der Waals surface area contributed by atoms with Crippen molar-refractivity contribution in [2.45, 2.75) is 43.3 Å². The fourth-order valence-electron chi connectivity index (χ4n) is 4.41. The molecule has 0 aliphatic heterocycles. The number of hydrogen-bond acceptors (Lipinski definition) is 5. The summed E-state index contributed by atoms with van der Waals surface area (Å²) < 4.78 is 83.7. The van der Waals surface area contributed by atoms with E-state index in [0.717, 1.165) is 36.1 Å². The molecule has 39 heavy (non-hydrogen) atoms. The van der Waals surface area contributed by atoms with Gasteiger partial charge in [-0.3, -0.25) is 9.69 Å². The molecule has 0 heterocycles. The van der Waals surface area contributed by atoms with E-state index in [2.05, 4.69) is 13.8 Å². The number of benzene rings is 3. The molecule has 0 amide bonds. The van der Waals surface area contributed by atoms with Crippen molar-refractivity contribution in [1.29, 1.82) is 0 Å². The minimum absolute atomic E-state index is 0.0347. The van der Waals surface area contributed by atoms with E-state index in [1.807, 2.05) is 35.2 Å². The Labute approximate surface area is 226 Å². The van der Waals surface area contributed by atoms with E-state index in [1.54, 1.807) is 6.07 Å². The highest BCUT2D eigenvalue weighted by molar-refractivity contribution is 7.90. The standard InChI is InChI=1S/C29H31F4NO4S/c1-28(2,22-10-5-4-6-11-22)20-34(18-21-9-7-12-23(15-21)29(31,32)33)13-8-14-38-24-16-26(30)25(19-35)27(17-24)39(3,36)37/h4-7,9-12,15-17,19H,8,13-14,18,20H2,1-3H3. The molecule has 210 valence electrons. The second-order valence-corrected chi connectivity index (χ2v) is 12.1. The fourth-order valence-corrected chi connectivity index (χ4v) is 5.28. The van der Waals surface area contributed by atoms with Crippen molar-refractivity contribution in [2.75, 3.05) is 26.0 Å². The smallest absolute Gasteiger partial charge is 0.416 e. The number of ether oxygens (including phenoxy) is 1. The zero-order valence-electron chi connectivity index (χ0n) is 22.0. The van der Waals surface area contributed by atoms with Gasteiger partial charge in [-0.15, -0.1) is 0 Å². The Morgan fingerprint density at radius 3 is 2.23 bits per heavy atom. The molecule has 0 saturated carbocycles. The number of sulfone groups is 1. The predicted octanol–water partition coefficient (Wildman–Crippen LogP) is 6.31. The van der Waals surface area contributed by atoms with Gasteiger partial charge in [0.1, 0.15) is 11.6 Å². The first-order valence-electron chi connectivity index (χ1n) is 12.3. The van der Waals surface area contributed by atoms with E-state index in [9.17, 15) is 30.8 Å². The third-order valence-electron chi connectivity index (χ3n) is 6.30. The van der Waals surface area contributed by atoms with Gasteiger partial charge < -0.3 is 4.74 Å². The first kappa shape index (κ1) is 30.3. The van der Waals surface area contributed by atoms with E-state index in [-0.39, 0.29) is 30.6 Å². The fraction of sp³-hybridized carbons (Fsp3) is 0.345. The van der Waals surface area contributed by atoms with Crippen molar-refractivity contribution in [2.24, 2.45) is 0 Å². The average molecular weight is 566 g/mol. The quantitative estimate of drug-likeness (QED) is 0.146. The summed E-state index contributed by atoms with van der Waals surface area (Å²) in [6.45, 7) is 5.45. The third-order valence-corrected chi connectivity index (χ3v) is 7.44. The summed E-state index contributed by atoms with van der Waals surface area (Å²) in [6, 6.07) is 17.1. The maximum Gasteiger partial charge on any atom is 0.416 e. The number of carbonyl (C=O) groups excluding carboxylic acids is 1. The summed E-state index contributed by atoms with van der Waals surface area (Å²) in [6.07, 6.45) is -3.00. The van der Waals surface area contributed by atoms with Crippen LogP contribution in [0.5, 0.6) is 5.75 Å². The number of nitrogens with zero attached hydrogens (tertiary/aromatic N) is 1. The molecule has 0 unspecified atom stereocenters. The molecule has 5 nitrogen and oxygen atoms in total. The topological polar surface area (TPSA) is 63.7 Å². The first-order valence-corrected chi connectivity index (χ1v) is 14.2. The van der Waals surface area contributed by atoms with Crippen molar-refractivity contribution in [3.63, 3.8) is 0 Å². The van der Waals surface area contributed by atoms with Crippen LogP contribution in [-0.2, 0) is 28.0 Å². The Kier molecular flexibility index (Phi) is 9.55. The van der Waals surface area contributed by atoms with Crippen LogP contribution in [0.3, 0.4) is 0 Å². The Morgan fingerprint density at radius 1 is 0.949 bits per heavy atom. The number of rotatable bonds is 12. The van der Waals surface area contributed by atoms with E-state index in [0.29, 0.717) is 25.1 Å². The number of halogens is 4. The minimum Gasteiger partial charge on any atom is -0.493 e. The van der Waals surface area contributed by atoms with Gasteiger partial charge in [0, 0.05) is 37.4 Å². The van der Waals surface area contributed by atoms with Crippen LogP contribution in [0, 0.1) is 5.82 Å². The van der Waals surface area contributed by atoms with E-state index in [4.69, 9.17) is 4.74 Å². The number of carbonyl (C=O) groups is 1. The van der Waals surface area contributed by atoms with Gasteiger partial charge in [0.2, 0.25) is 0 Å². The van der Waals surface area contributed by atoms with Gasteiger partial charge in [0.25, 0.3) is 0 Å². The van der Waals surface area contributed by atoms with Crippen molar-refractivity contribution >= 4 is 16.1 Å². The molecule has 0 fully saturated rings. The van der Waals surface area contributed by atoms with Crippen molar-refractivity contribution < 1.29 is 35.5 Å². The monoisotopic (exact) mass is 565 g/mol. The lowest BCUT2D eigenvalue weighted by Crippen LogP contribution is -2.37. The maximum absolute atomic E-state index is 14.3. The molecule has 0 radical (unpaired) electrons. The highest BCUT2D eigenvalue weighted by Gasteiger charge is 2.31. The third kappa shape index (κ3) is 8.37. The SMILES string of the molecule is CC(C)(CN(CCCOc1cc(F)c(C=O)c(S(C)(=O)=O)c1)Cc1cccc(C(F)(F)F)c1)c1ccccc1. The normalized spacial score (nSPS) is 12.5. The molecule has 3 aromatic rings. The van der Waals surface area contributed by atoms with Crippen LogP contribution in [0.25, 0.3) is 0 Å². The van der Waals surface area contributed by atoms with Gasteiger partial charge in [0.15, 0.2) is 16.1 Å². The zero-order valence-corrected chi connectivity index (χ0v) is 22.8.